The number of hydrogen-bond acceptors (Lipinski definition) is 2. The molecule has 0 saturated carbocycles. The molecule has 10 heavy (non-hydrogen) atoms. The van der Waals surface area contributed by atoms with Gasteiger partial charge >= 0.3 is 0 Å². The van der Waals surface area contributed by atoms with Crippen LogP contribution in [0.2, 0.25) is 0 Å². The second-order valence-electron chi connectivity index (χ2n) is 1.69. The first-order valence-corrected chi connectivity index (χ1v) is 5.76. The summed E-state index contributed by atoms with van der Waals surface area (Å²) in [7, 11) is 0. The van der Waals surface area contributed by atoms with Crippen molar-refractivity contribution < 1.29 is 0 Å². The number of hydrogen-bond donors (Lipinski definition) is 0. The molecule has 1 nitrogen and oxygen atoms in total. The molecule has 0 saturated heterocycles. The molecule has 0 aromatic carbocycles. The van der Waals surface area contributed by atoms with E-state index in [4.69, 9.17) is 0 Å². The van der Waals surface area contributed by atoms with Crippen molar-refractivity contribution in [3.05, 3.63) is 32.7 Å². The summed E-state index contributed by atoms with van der Waals surface area (Å²) < 4.78 is 5.58. The maximum Gasteiger partial charge on any atom is 0.0391 e. The van der Waals surface area contributed by atoms with Gasteiger partial charge in [0.05, 0.1) is 0 Å². The molecule has 3 heteroatoms. The molecular weight excluding hydrogens is 257 g/mol. The zero-order valence-electron chi connectivity index (χ0n) is 5.67. The highest BCUT2D eigenvalue weighted by Crippen LogP contribution is 2.22. The molecule has 0 aliphatic carbocycles. The molecule has 0 fully saturated rings. The monoisotopic (exact) mass is 265 g/mol. The number of rotatable bonds is 2. The molecule has 0 radical (unpaired) electrons. The lowest BCUT2D eigenvalue weighted by molar-refractivity contribution is 1.58. The lowest BCUT2D eigenvalue weighted by atomic mass is 10.5. The van der Waals surface area contributed by atoms with Gasteiger partial charge in [-0.3, -0.25) is 0 Å². The average molecular weight is 265 g/mol. The maximum atomic E-state index is 4.16. The van der Waals surface area contributed by atoms with Crippen LogP contribution in [-0.2, 0) is 0 Å². The van der Waals surface area contributed by atoms with E-state index in [1.807, 2.05) is 0 Å². The fourth-order valence-electron chi connectivity index (χ4n) is 0.544. The van der Waals surface area contributed by atoms with Crippen molar-refractivity contribution in [1.29, 1.82) is 0 Å². The van der Waals surface area contributed by atoms with Crippen molar-refractivity contribution in [2.75, 3.05) is 0 Å². The molecule has 0 spiro atoms. The van der Waals surface area contributed by atoms with Crippen LogP contribution in [0.3, 0.4) is 0 Å². The highest BCUT2D eigenvalue weighted by atomic mass is 127. The second-order valence-corrected chi connectivity index (χ2v) is 5.01. The van der Waals surface area contributed by atoms with Crippen LogP contribution in [0.1, 0.15) is 4.88 Å². The normalized spacial score (nSPS) is 11.3. The van der Waals surface area contributed by atoms with Crippen molar-refractivity contribution in [2.45, 2.75) is 6.92 Å². The molecule has 0 N–H and O–H groups in total. The molecule has 1 aromatic rings. The topological polar surface area (TPSA) is 12.4 Å². The van der Waals surface area contributed by atoms with Crippen molar-refractivity contribution in [1.82, 2.24) is 0 Å². The van der Waals surface area contributed by atoms with Gasteiger partial charge in [0.25, 0.3) is 0 Å². The van der Waals surface area contributed by atoms with Crippen LogP contribution in [0.25, 0.3) is 0 Å². The smallest absolute Gasteiger partial charge is 0.0391 e. The van der Waals surface area contributed by atoms with Crippen LogP contribution in [0.15, 0.2) is 27.4 Å². The zero-order valence-corrected chi connectivity index (χ0v) is 8.65. The van der Waals surface area contributed by atoms with Gasteiger partial charge in [0.1, 0.15) is 0 Å². The van der Waals surface area contributed by atoms with Gasteiger partial charge in [-0.25, -0.2) is 3.15 Å². The molecule has 0 aliphatic rings. The molecule has 0 bridgehead atoms. The summed E-state index contributed by atoms with van der Waals surface area (Å²) in [5, 5.41) is 2.11. The van der Waals surface area contributed by atoms with Crippen LogP contribution in [0.5, 0.6) is 0 Å². The average Bonchev–Trinajstić information content (AvgIpc) is 2.31. The fourth-order valence-corrected chi connectivity index (χ4v) is 3.17. The van der Waals surface area contributed by atoms with Gasteiger partial charge in [-0.2, -0.15) is 0 Å². The fraction of sp³-hybridized carbons (Fsp3) is 0.143. The summed E-state index contributed by atoms with van der Waals surface area (Å²) in [4.78, 5) is 1.40. The van der Waals surface area contributed by atoms with E-state index in [2.05, 4.69) is 28.1 Å². The standard InChI is InChI=1S/C7H8INS/c1-3-9-8-7-4-5-10-6(7)2/h3-5H,1H2,2H3. The molecule has 0 atom stereocenters. The van der Waals surface area contributed by atoms with Crippen LogP contribution in [0.4, 0.5) is 0 Å². The van der Waals surface area contributed by atoms with Crippen LogP contribution in [-0.4, -0.2) is 0 Å². The first-order chi connectivity index (χ1) is 4.84. The van der Waals surface area contributed by atoms with Gasteiger partial charge < -0.3 is 0 Å². The first kappa shape index (κ1) is 8.07. The summed E-state index contributed by atoms with van der Waals surface area (Å²) in [5.74, 6) is 0. The summed E-state index contributed by atoms with van der Waals surface area (Å²) in [6.07, 6.45) is 1.64. The zero-order chi connectivity index (χ0) is 7.40. The van der Waals surface area contributed by atoms with E-state index in [1.165, 1.54) is 8.45 Å². The van der Waals surface area contributed by atoms with Crippen molar-refractivity contribution in [3.63, 3.8) is 0 Å². The third-order valence-corrected chi connectivity index (χ3v) is 4.58. The third-order valence-electron chi connectivity index (χ3n) is 1.00. The Bertz CT molecular complexity index is 252. The molecular formula is C7H8INS. The van der Waals surface area contributed by atoms with Crippen molar-refractivity contribution in [3.8, 4) is 0 Å². The Morgan fingerprint density at radius 2 is 2.60 bits per heavy atom. The van der Waals surface area contributed by atoms with E-state index in [1.54, 1.807) is 17.5 Å². The SMILES string of the molecule is C=CN=Ic1ccsc1C. The highest BCUT2D eigenvalue weighted by molar-refractivity contribution is 14.2. The van der Waals surface area contributed by atoms with Crippen LogP contribution >= 0.6 is 32.4 Å². The molecule has 54 valence electrons. The molecule has 0 aliphatic heterocycles. The maximum absolute atomic E-state index is 4.16. The summed E-state index contributed by atoms with van der Waals surface area (Å²) >= 11 is 1.65. The quantitative estimate of drug-likeness (QED) is 0.725. The van der Waals surface area contributed by atoms with Gasteiger partial charge in [0.2, 0.25) is 0 Å². The van der Waals surface area contributed by atoms with E-state index < -0.39 is 0 Å². The lowest BCUT2D eigenvalue weighted by Crippen LogP contribution is -1.62. The van der Waals surface area contributed by atoms with Gasteiger partial charge in [0, 0.05) is 35.7 Å². The minimum atomic E-state index is -0.140. The van der Waals surface area contributed by atoms with E-state index in [0.29, 0.717) is 0 Å². The van der Waals surface area contributed by atoms with Gasteiger partial charge in [-0.1, -0.05) is 6.58 Å². The lowest BCUT2D eigenvalue weighted by Gasteiger charge is -1.83. The first-order valence-electron chi connectivity index (χ1n) is 2.84. The van der Waals surface area contributed by atoms with E-state index in [0.717, 1.165) is 0 Å². The van der Waals surface area contributed by atoms with E-state index >= 15 is 0 Å². The summed E-state index contributed by atoms with van der Waals surface area (Å²) in [5.41, 5.74) is 0. The number of nitrogens with zero attached hydrogens (tertiary/aromatic N) is 1. The Kier molecular flexibility index (Phi) is 3.21. The van der Waals surface area contributed by atoms with E-state index in [-0.39, 0.29) is 21.0 Å². The van der Waals surface area contributed by atoms with Crippen LogP contribution in [0, 0.1) is 10.5 Å². The van der Waals surface area contributed by atoms with Gasteiger partial charge in [-0.15, -0.1) is 11.3 Å². The molecule has 1 heterocycles. The molecule has 0 amide bonds. The number of halogens is 1. The Morgan fingerprint density at radius 3 is 3.10 bits per heavy atom. The third kappa shape index (κ3) is 1.98. The Labute approximate surface area is 74.9 Å². The number of aryl methyl sites for hydroxylation is 1. The largest absolute Gasteiger partial charge is 0.230 e. The molecule has 1 aromatic heterocycles. The summed E-state index contributed by atoms with van der Waals surface area (Å²) in [6, 6.07) is 2.15. The predicted octanol–water partition coefficient (Wildman–Crippen LogP) is 3.52. The van der Waals surface area contributed by atoms with Gasteiger partial charge in [0.15, 0.2) is 0 Å². The Balaban J connectivity index is 2.83. The Morgan fingerprint density at radius 1 is 1.80 bits per heavy atom. The van der Waals surface area contributed by atoms with Crippen molar-refractivity contribution >= 4 is 32.4 Å². The van der Waals surface area contributed by atoms with Crippen molar-refractivity contribution in [2.24, 2.45) is 3.15 Å². The minimum absolute atomic E-state index is 0.140. The molecule has 0 unspecified atom stereocenters. The summed E-state index contributed by atoms with van der Waals surface area (Å²) in [6.45, 7) is 5.69. The van der Waals surface area contributed by atoms with Gasteiger partial charge in [-0.05, 0) is 18.4 Å². The molecule has 1 rings (SSSR count). The number of thiophene rings is 1. The Hall–Kier alpha value is -0.0300. The second kappa shape index (κ2) is 3.98. The predicted molar refractivity (Wildman–Crippen MR) is 54.4 cm³/mol. The van der Waals surface area contributed by atoms with E-state index in [9.17, 15) is 0 Å². The highest BCUT2D eigenvalue weighted by Gasteiger charge is 1.93. The minimum Gasteiger partial charge on any atom is -0.230 e. The van der Waals surface area contributed by atoms with Crippen LogP contribution < -0.4 is 0 Å².